The lowest BCUT2D eigenvalue weighted by atomic mass is 10.1. The van der Waals surface area contributed by atoms with Crippen LogP contribution in [0.1, 0.15) is 12.5 Å². The number of aromatic nitrogens is 4. The van der Waals surface area contributed by atoms with Crippen LogP contribution in [0.4, 0.5) is 11.6 Å². The zero-order valence-corrected chi connectivity index (χ0v) is 16.4. The van der Waals surface area contributed by atoms with Crippen LogP contribution >= 0.6 is 0 Å². The molecule has 1 atom stereocenters. The summed E-state index contributed by atoms with van der Waals surface area (Å²) in [4.78, 5) is 29.8. The summed E-state index contributed by atoms with van der Waals surface area (Å²) in [5.41, 5.74) is 2.64. The first-order valence-electron chi connectivity index (χ1n) is 9.43. The summed E-state index contributed by atoms with van der Waals surface area (Å²) < 4.78 is 1.57. The molecule has 1 fully saturated rings. The molecule has 1 aromatic carbocycles. The molecule has 29 heavy (non-hydrogen) atoms. The first-order chi connectivity index (χ1) is 14.1. The Hall–Kier alpha value is -3.73. The molecule has 3 heterocycles. The molecular formula is C21H21N7O. The summed E-state index contributed by atoms with van der Waals surface area (Å²) in [6.07, 6.45) is 3.08. The van der Waals surface area contributed by atoms with Gasteiger partial charge in [0.2, 0.25) is 5.95 Å². The highest BCUT2D eigenvalue weighted by atomic mass is 16.1. The zero-order valence-electron chi connectivity index (χ0n) is 16.4. The molecule has 2 aromatic heterocycles. The number of nitriles is 1. The monoisotopic (exact) mass is 387 g/mol. The van der Waals surface area contributed by atoms with Crippen molar-refractivity contribution in [2.45, 2.75) is 13.0 Å². The molecule has 8 heteroatoms. The second-order valence-corrected chi connectivity index (χ2v) is 7.05. The Morgan fingerprint density at radius 2 is 2.00 bits per heavy atom. The maximum Gasteiger partial charge on any atom is 0.255 e. The van der Waals surface area contributed by atoms with E-state index in [1.54, 1.807) is 23.9 Å². The Kier molecular flexibility index (Phi) is 4.96. The van der Waals surface area contributed by atoms with Crippen LogP contribution in [-0.2, 0) is 7.05 Å². The second-order valence-electron chi connectivity index (χ2n) is 7.05. The van der Waals surface area contributed by atoms with Gasteiger partial charge in [-0.2, -0.15) is 5.26 Å². The van der Waals surface area contributed by atoms with Gasteiger partial charge in [0.05, 0.1) is 22.6 Å². The first-order valence-corrected chi connectivity index (χ1v) is 9.43. The maximum atomic E-state index is 12.6. The third-order valence-electron chi connectivity index (χ3n) is 5.21. The molecule has 0 saturated carbocycles. The molecule has 0 amide bonds. The number of anilines is 2. The van der Waals surface area contributed by atoms with E-state index in [9.17, 15) is 10.1 Å². The minimum absolute atomic E-state index is 0.106. The van der Waals surface area contributed by atoms with Crippen molar-refractivity contribution in [3.05, 3.63) is 64.8 Å². The Balaban J connectivity index is 1.64. The van der Waals surface area contributed by atoms with E-state index in [0.29, 0.717) is 29.4 Å². The summed E-state index contributed by atoms with van der Waals surface area (Å²) in [5, 5.41) is 9.41. The summed E-state index contributed by atoms with van der Waals surface area (Å²) in [6, 6.07) is 13.2. The minimum Gasteiger partial charge on any atom is -0.367 e. The average molecular weight is 387 g/mol. The maximum absolute atomic E-state index is 12.6. The average Bonchev–Trinajstić information content (AvgIpc) is 2.76. The molecule has 0 N–H and O–H groups in total. The van der Waals surface area contributed by atoms with Crippen LogP contribution in [0.25, 0.3) is 11.4 Å². The van der Waals surface area contributed by atoms with Crippen LogP contribution in [0.3, 0.4) is 0 Å². The molecule has 1 saturated heterocycles. The van der Waals surface area contributed by atoms with Crippen molar-refractivity contribution in [2.24, 2.45) is 7.05 Å². The van der Waals surface area contributed by atoms with Crippen molar-refractivity contribution in [1.82, 2.24) is 19.5 Å². The highest BCUT2D eigenvalue weighted by Gasteiger charge is 2.28. The van der Waals surface area contributed by atoms with Crippen molar-refractivity contribution in [2.75, 3.05) is 29.4 Å². The van der Waals surface area contributed by atoms with Gasteiger partial charge in [-0.1, -0.05) is 12.1 Å². The molecule has 3 aromatic rings. The predicted molar refractivity (Wildman–Crippen MR) is 111 cm³/mol. The van der Waals surface area contributed by atoms with E-state index in [2.05, 4.69) is 32.8 Å². The van der Waals surface area contributed by atoms with E-state index in [1.807, 2.05) is 24.3 Å². The third-order valence-corrected chi connectivity index (χ3v) is 5.21. The van der Waals surface area contributed by atoms with Crippen molar-refractivity contribution in [3.63, 3.8) is 0 Å². The molecule has 146 valence electrons. The number of nitrogens with zero attached hydrogens (tertiary/aromatic N) is 7. The molecule has 1 aliphatic heterocycles. The summed E-state index contributed by atoms with van der Waals surface area (Å²) in [5.74, 6) is 0.617. The number of benzene rings is 1. The first kappa shape index (κ1) is 18.6. The Morgan fingerprint density at radius 1 is 1.17 bits per heavy atom. The van der Waals surface area contributed by atoms with Gasteiger partial charge in [-0.25, -0.2) is 15.0 Å². The van der Waals surface area contributed by atoms with Crippen LogP contribution in [0.5, 0.6) is 0 Å². The van der Waals surface area contributed by atoms with Gasteiger partial charge >= 0.3 is 0 Å². The molecule has 1 unspecified atom stereocenters. The fraction of sp³-hybridized carbons (Fsp3) is 0.286. The molecule has 8 nitrogen and oxygen atoms in total. The van der Waals surface area contributed by atoms with Crippen LogP contribution in [-0.4, -0.2) is 45.2 Å². The van der Waals surface area contributed by atoms with Crippen molar-refractivity contribution in [1.29, 1.82) is 5.26 Å². The Morgan fingerprint density at radius 3 is 2.72 bits per heavy atom. The van der Waals surface area contributed by atoms with Gasteiger partial charge in [-0.3, -0.25) is 9.36 Å². The second kappa shape index (κ2) is 7.72. The highest BCUT2D eigenvalue weighted by Crippen LogP contribution is 2.25. The zero-order chi connectivity index (χ0) is 20.4. The summed E-state index contributed by atoms with van der Waals surface area (Å²) in [7, 11) is 1.73. The topological polar surface area (TPSA) is 90.9 Å². The van der Waals surface area contributed by atoms with E-state index in [0.717, 1.165) is 18.8 Å². The smallest absolute Gasteiger partial charge is 0.255 e. The molecule has 0 aliphatic carbocycles. The van der Waals surface area contributed by atoms with Crippen LogP contribution < -0.4 is 15.4 Å². The van der Waals surface area contributed by atoms with Gasteiger partial charge in [0, 0.05) is 45.0 Å². The number of hydrogen-bond donors (Lipinski definition) is 0. The molecule has 0 spiro atoms. The standard InChI is InChI=1S/C21H21N7O/c1-15-13-27(19-6-4-3-5-16(19)12-22)9-10-28(15)21-25-18(11-20(29)26(21)2)17-7-8-23-14-24-17/h3-8,11,14-15H,9-10,13H2,1-2H3. The van der Waals surface area contributed by atoms with Crippen molar-refractivity contribution >= 4 is 11.6 Å². The normalized spacial score (nSPS) is 16.5. The number of hydrogen-bond acceptors (Lipinski definition) is 7. The van der Waals surface area contributed by atoms with E-state index < -0.39 is 0 Å². The van der Waals surface area contributed by atoms with Gasteiger partial charge in [0.15, 0.2) is 0 Å². The van der Waals surface area contributed by atoms with Gasteiger partial charge in [0.1, 0.15) is 12.4 Å². The molecule has 0 bridgehead atoms. The quantitative estimate of drug-likeness (QED) is 0.677. The van der Waals surface area contributed by atoms with Gasteiger partial charge in [0.25, 0.3) is 5.56 Å². The molecular weight excluding hydrogens is 366 g/mol. The summed E-state index contributed by atoms with van der Waals surface area (Å²) in [6.45, 7) is 4.25. The largest absolute Gasteiger partial charge is 0.367 e. The molecule has 0 radical (unpaired) electrons. The van der Waals surface area contributed by atoms with Gasteiger partial charge in [-0.15, -0.1) is 0 Å². The minimum atomic E-state index is -0.131. The Bertz CT molecular complexity index is 1120. The van der Waals surface area contributed by atoms with E-state index in [1.165, 1.54) is 12.4 Å². The van der Waals surface area contributed by atoms with Gasteiger partial charge < -0.3 is 9.80 Å². The highest BCUT2D eigenvalue weighted by molar-refractivity contribution is 5.61. The SMILES string of the molecule is CC1CN(c2ccccc2C#N)CCN1c1nc(-c2ccncn2)cc(=O)n1C. The van der Waals surface area contributed by atoms with E-state index >= 15 is 0 Å². The lowest BCUT2D eigenvalue weighted by Gasteiger charge is -2.42. The molecule has 1 aliphatic rings. The van der Waals surface area contributed by atoms with Crippen LogP contribution in [0.15, 0.2) is 53.7 Å². The van der Waals surface area contributed by atoms with Crippen LogP contribution in [0.2, 0.25) is 0 Å². The predicted octanol–water partition coefficient (Wildman–Crippen LogP) is 1.82. The number of para-hydroxylation sites is 1. The fourth-order valence-corrected chi connectivity index (χ4v) is 3.68. The lowest BCUT2D eigenvalue weighted by molar-refractivity contribution is 0.529. The van der Waals surface area contributed by atoms with Crippen molar-refractivity contribution in [3.8, 4) is 17.5 Å². The fourth-order valence-electron chi connectivity index (χ4n) is 3.68. The van der Waals surface area contributed by atoms with Gasteiger partial charge in [-0.05, 0) is 25.1 Å². The number of piperazine rings is 1. The van der Waals surface area contributed by atoms with Crippen molar-refractivity contribution < 1.29 is 0 Å². The third kappa shape index (κ3) is 3.55. The van der Waals surface area contributed by atoms with Crippen LogP contribution in [0, 0.1) is 11.3 Å². The van der Waals surface area contributed by atoms with E-state index in [4.69, 9.17) is 4.98 Å². The summed E-state index contributed by atoms with van der Waals surface area (Å²) >= 11 is 0. The Labute approximate surface area is 168 Å². The molecule has 4 rings (SSSR count). The van der Waals surface area contributed by atoms with E-state index in [-0.39, 0.29) is 11.6 Å². The lowest BCUT2D eigenvalue weighted by Crippen LogP contribution is -2.53. The number of rotatable bonds is 3.